The number of benzene rings is 1. The lowest BCUT2D eigenvalue weighted by atomic mass is 10.00. The Bertz CT molecular complexity index is 832. The molecule has 0 atom stereocenters. The molecule has 0 saturated carbocycles. The molecule has 0 unspecified atom stereocenters. The maximum Gasteiger partial charge on any atom is 0.214 e. The zero-order valence-electron chi connectivity index (χ0n) is 12.0. The lowest BCUT2D eigenvalue weighted by Crippen LogP contribution is -2.08. The van der Waals surface area contributed by atoms with Crippen LogP contribution in [0.1, 0.15) is 21.6 Å². The molecule has 0 N–H and O–H groups in total. The average Bonchev–Trinajstić information content (AvgIpc) is 2.56. The van der Waals surface area contributed by atoms with Crippen LogP contribution < -0.4 is 0 Å². The molecule has 3 aromatic rings. The number of hydrogen-bond donors (Lipinski definition) is 0. The van der Waals surface area contributed by atoms with Crippen LogP contribution in [0.2, 0.25) is 0 Å². The second-order valence-electron chi connectivity index (χ2n) is 4.91. The number of nitrogens with zero attached hydrogens (tertiary/aromatic N) is 2. The van der Waals surface area contributed by atoms with E-state index in [0.717, 1.165) is 5.56 Å². The van der Waals surface area contributed by atoms with Crippen molar-refractivity contribution in [2.45, 2.75) is 6.92 Å². The minimum Gasteiger partial charge on any atom is -0.287 e. The number of halogens is 1. The molecule has 3 rings (SSSR count). The van der Waals surface area contributed by atoms with Gasteiger partial charge in [0.15, 0.2) is 5.82 Å². The average molecular weight is 292 g/mol. The van der Waals surface area contributed by atoms with Crippen molar-refractivity contribution in [1.29, 1.82) is 0 Å². The molecular formula is C18H13FN2O. The van der Waals surface area contributed by atoms with Crippen molar-refractivity contribution < 1.29 is 9.18 Å². The molecule has 2 aromatic heterocycles. The molecule has 4 heteroatoms. The van der Waals surface area contributed by atoms with Crippen molar-refractivity contribution in [1.82, 2.24) is 9.97 Å². The summed E-state index contributed by atoms with van der Waals surface area (Å²) in [6, 6.07) is 11.9. The normalized spacial score (nSPS) is 10.5. The zero-order valence-corrected chi connectivity index (χ0v) is 12.0. The minimum absolute atomic E-state index is 0.174. The van der Waals surface area contributed by atoms with Gasteiger partial charge in [0, 0.05) is 35.3 Å². The Hall–Kier alpha value is -2.88. The minimum atomic E-state index is -0.618. The van der Waals surface area contributed by atoms with Crippen LogP contribution in [0, 0.1) is 12.7 Å². The highest BCUT2D eigenvalue weighted by atomic mass is 19.1. The lowest BCUT2D eigenvalue weighted by Gasteiger charge is -2.09. The number of ketones is 1. The van der Waals surface area contributed by atoms with Gasteiger partial charge in [-0.15, -0.1) is 0 Å². The third kappa shape index (κ3) is 2.51. The Morgan fingerprint density at radius 1 is 1.00 bits per heavy atom. The van der Waals surface area contributed by atoms with Crippen molar-refractivity contribution in [3.8, 4) is 11.1 Å². The second-order valence-corrected chi connectivity index (χ2v) is 4.91. The Morgan fingerprint density at radius 3 is 2.50 bits per heavy atom. The molecule has 0 aliphatic carbocycles. The molecule has 0 amide bonds. The Kier molecular flexibility index (Phi) is 3.74. The Balaban J connectivity index is 2.11. The van der Waals surface area contributed by atoms with Crippen LogP contribution in [0.25, 0.3) is 11.1 Å². The zero-order chi connectivity index (χ0) is 15.5. The molecule has 1 aromatic carbocycles. The predicted molar refractivity (Wildman–Crippen MR) is 82.0 cm³/mol. The van der Waals surface area contributed by atoms with Crippen LogP contribution in [0.4, 0.5) is 4.39 Å². The van der Waals surface area contributed by atoms with Gasteiger partial charge in [-0.05, 0) is 24.6 Å². The van der Waals surface area contributed by atoms with E-state index in [1.165, 1.54) is 6.20 Å². The highest BCUT2D eigenvalue weighted by Gasteiger charge is 2.19. The van der Waals surface area contributed by atoms with Gasteiger partial charge in [-0.25, -0.2) is 9.37 Å². The summed E-state index contributed by atoms with van der Waals surface area (Å²) in [4.78, 5) is 20.4. The van der Waals surface area contributed by atoms with Crippen molar-refractivity contribution in [3.63, 3.8) is 0 Å². The molecule has 0 saturated heterocycles. The van der Waals surface area contributed by atoms with Crippen LogP contribution in [0.5, 0.6) is 0 Å². The summed E-state index contributed by atoms with van der Waals surface area (Å²) in [5.74, 6) is -1.05. The number of hydrogen-bond acceptors (Lipinski definition) is 3. The fraction of sp³-hybridized carbons (Fsp3) is 0.0556. The SMILES string of the molecule is Cc1ccncc1-c1ccnc(C(=O)c2ccccc2)c1F. The first-order valence-electron chi connectivity index (χ1n) is 6.83. The van der Waals surface area contributed by atoms with Crippen LogP contribution in [0.15, 0.2) is 61.1 Å². The fourth-order valence-corrected chi connectivity index (χ4v) is 2.28. The van der Waals surface area contributed by atoms with E-state index in [1.54, 1.807) is 54.9 Å². The maximum atomic E-state index is 14.8. The van der Waals surface area contributed by atoms with E-state index in [9.17, 15) is 9.18 Å². The molecule has 108 valence electrons. The number of carbonyl (C=O) groups is 1. The number of rotatable bonds is 3. The van der Waals surface area contributed by atoms with Gasteiger partial charge in [-0.2, -0.15) is 0 Å². The van der Waals surface area contributed by atoms with E-state index in [4.69, 9.17) is 0 Å². The highest BCUT2D eigenvalue weighted by molar-refractivity contribution is 6.08. The third-order valence-electron chi connectivity index (χ3n) is 3.47. The van der Waals surface area contributed by atoms with Gasteiger partial charge in [0.05, 0.1) is 0 Å². The van der Waals surface area contributed by atoms with Gasteiger partial charge in [0.1, 0.15) is 5.69 Å². The standard InChI is InChI=1S/C18H13FN2O/c1-12-7-9-20-11-15(12)14-8-10-21-17(16(14)19)18(22)13-5-3-2-4-6-13/h2-11H,1H3. The number of pyridine rings is 2. The van der Waals surface area contributed by atoms with E-state index >= 15 is 0 Å². The Morgan fingerprint density at radius 2 is 1.77 bits per heavy atom. The molecule has 0 bridgehead atoms. The van der Waals surface area contributed by atoms with Gasteiger partial charge >= 0.3 is 0 Å². The lowest BCUT2D eigenvalue weighted by molar-refractivity contribution is 0.103. The van der Waals surface area contributed by atoms with Gasteiger partial charge in [0.25, 0.3) is 0 Å². The number of aromatic nitrogens is 2. The van der Waals surface area contributed by atoms with E-state index in [0.29, 0.717) is 16.7 Å². The first kappa shape index (κ1) is 14.1. The van der Waals surface area contributed by atoms with Gasteiger partial charge in [0.2, 0.25) is 5.78 Å². The molecule has 2 heterocycles. The summed E-state index contributed by atoms with van der Waals surface area (Å²) in [6.07, 6.45) is 4.68. The van der Waals surface area contributed by atoms with E-state index in [2.05, 4.69) is 9.97 Å². The smallest absolute Gasteiger partial charge is 0.214 e. The largest absolute Gasteiger partial charge is 0.287 e. The molecular weight excluding hydrogens is 279 g/mol. The van der Waals surface area contributed by atoms with Gasteiger partial charge in [-0.3, -0.25) is 9.78 Å². The summed E-state index contributed by atoms with van der Waals surface area (Å²) in [7, 11) is 0. The van der Waals surface area contributed by atoms with E-state index in [1.807, 2.05) is 6.92 Å². The molecule has 0 radical (unpaired) electrons. The summed E-state index contributed by atoms with van der Waals surface area (Å²) in [6.45, 7) is 1.87. The number of aryl methyl sites for hydroxylation is 1. The first-order chi connectivity index (χ1) is 10.7. The monoisotopic (exact) mass is 292 g/mol. The van der Waals surface area contributed by atoms with E-state index in [-0.39, 0.29) is 5.69 Å². The molecule has 0 aliphatic rings. The van der Waals surface area contributed by atoms with Crippen LogP contribution in [-0.4, -0.2) is 15.8 Å². The van der Waals surface area contributed by atoms with Gasteiger partial charge in [-0.1, -0.05) is 30.3 Å². The maximum absolute atomic E-state index is 14.8. The van der Waals surface area contributed by atoms with Gasteiger partial charge < -0.3 is 0 Å². The van der Waals surface area contributed by atoms with Crippen molar-refractivity contribution in [3.05, 3.63) is 83.7 Å². The summed E-state index contributed by atoms with van der Waals surface area (Å²) < 4.78 is 14.8. The van der Waals surface area contributed by atoms with Crippen LogP contribution >= 0.6 is 0 Å². The van der Waals surface area contributed by atoms with Crippen LogP contribution in [-0.2, 0) is 0 Å². The fourth-order valence-electron chi connectivity index (χ4n) is 2.28. The van der Waals surface area contributed by atoms with Crippen molar-refractivity contribution >= 4 is 5.78 Å². The molecule has 0 fully saturated rings. The quantitative estimate of drug-likeness (QED) is 0.689. The van der Waals surface area contributed by atoms with Crippen molar-refractivity contribution in [2.24, 2.45) is 0 Å². The molecule has 3 nitrogen and oxygen atoms in total. The van der Waals surface area contributed by atoms with Crippen LogP contribution in [0.3, 0.4) is 0 Å². The molecule has 22 heavy (non-hydrogen) atoms. The topological polar surface area (TPSA) is 42.9 Å². The molecule has 0 spiro atoms. The predicted octanol–water partition coefficient (Wildman–Crippen LogP) is 3.82. The Labute approximate surface area is 127 Å². The summed E-state index contributed by atoms with van der Waals surface area (Å²) >= 11 is 0. The first-order valence-corrected chi connectivity index (χ1v) is 6.83. The summed E-state index contributed by atoms with van der Waals surface area (Å²) in [5.41, 5.74) is 2.11. The van der Waals surface area contributed by atoms with E-state index < -0.39 is 11.6 Å². The highest BCUT2D eigenvalue weighted by Crippen LogP contribution is 2.26. The number of carbonyl (C=O) groups excluding carboxylic acids is 1. The van der Waals surface area contributed by atoms with Crippen molar-refractivity contribution in [2.75, 3.05) is 0 Å². The second kappa shape index (κ2) is 5.85. The summed E-state index contributed by atoms with van der Waals surface area (Å²) in [5, 5.41) is 0. The molecule has 0 aliphatic heterocycles. The third-order valence-corrected chi connectivity index (χ3v) is 3.47.